The zero-order chi connectivity index (χ0) is 18.0. The van der Waals surface area contributed by atoms with Gasteiger partial charge in [0.25, 0.3) is 0 Å². The molecule has 5 heteroatoms. The quantitative estimate of drug-likeness (QED) is 0.566. The number of rotatable bonds is 8. The van der Waals surface area contributed by atoms with Crippen molar-refractivity contribution in [3.05, 3.63) is 35.4 Å². The Hall–Kier alpha value is -1.59. The van der Waals surface area contributed by atoms with E-state index in [4.69, 9.17) is 9.47 Å². The zero-order valence-electron chi connectivity index (χ0n) is 16.0. The molecule has 1 rings (SSSR count). The Morgan fingerprint density at radius 1 is 1.12 bits per heavy atom. The molecule has 0 aliphatic heterocycles. The van der Waals surface area contributed by atoms with Crippen molar-refractivity contribution in [1.82, 2.24) is 10.6 Å². The summed E-state index contributed by atoms with van der Waals surface area (Å²) in [6, 6.07) is 8.43. The number of benzene rings is 1. The lowest BCUT2D eigenvalue weighted by atomic mass is 9.89. The largest absolute Gasteiger partial charge is 0.379 e. The van der Waals surface area contributed by atoms with Crippen LogP contribution < -0.4 is 10.6 Å². The summed E-state index contributed by atoms with van der Waals surface area (Å²) in [6.07, 6.45) is 0.119. The van der Waals surface area contributed by atoms with E-state index in [2.05, 4.69) is 60.7 Å². The zero-order valence-corrected chi connectivity index (χ0v) is 16.0. The maximum atomic E-state index is 5.56. The Bertz CT molecular complexity index is 492. The normalized spacial score (nSPS) is 13.7. The van der Waals surface area contributed by atoms with Gasteiger partial charge in [0.1, 0.15) is 0 Å². The van der Waals surface area contributed by atoms with E-state index in [1.54, 1.807) is 14.2 Å². The molecule has 24 heavy (non-hydrogen) atoms. The predicted molar refractivity (Wildman–Crippen MR) is 100 cm³/mol. The second kappa shape index (κ2) is 10.3. The third kappa shape index (κ3) is 7.32. The fourth-order valence-corrected chi connectivity index (χ4v) is 2.31. The van der Waals surface area contributed by atoms with Crippen molar-refractivity contribution < 1.29 is 9.47 Å². The highest BCUT2D eigenvalue weighted by Gasteiger charge is 2.24. The van der Waals surface area contributed by atoms with Gasteiger partial charge in [-0.25, -0.2) is 0 Å². The lowest BCUT2D eigenvalue weighted by Crippen LogP contribution is -2.45. The number of hydrogen-bond acceptors (Lipinski definition) is 3. The van der Waals surface area contributed by atoms with Crippen molar-refractivity contribution in [2.75, 3.05) is 27.3 Å². The van der Waals surface area contributed by atoms with Gasteiger partial charge < -0.3 is 20.1 Å². The monoisotopic (exact) mass is 335 g/mol. The number of nitrogens with zero attached hydrogens (tertiary/aromatic N) is 1. The number of aliphatic imine (C=N–C) groups is 1. The molecule has 0 aromatic heterocycles. The fraction of sp³-hybridized carbons (Fsp3) is 0.632. The van der Waals surface area contributed by atoms with Crippen molar-refractivity contribution in [3.8, 4) is 0 Å². The number of hydrogen-bond donors (Lipinski definition) is 2. The van der Waals surface area contributed by atoms with Crippen LogP contribution in [-0.4, -0.2) is 39.4 Å². The SMILES string of the molecule is CCOCc1ccc(CNC(=NC)NCC(OC)C(C)(C)C)cc1. The molecule has 0 aliphatic carbocycles. The van der Waals surface area contributed by atoms with Gasteiger partial charge in [0.2, 0.25) is 0 Å². The maximum absolute atomic E-state index is 5.56. The van der Waals surface area contributed by atoms with Crippen LogP contribution in [0.15, 0.2) is 29.3 Å². The van der Waals surface area contributed by atoms with E-state index in [1.807, 2.05) is 6.92 Å². The molecule has 0 saturated heterocycles. The summed E-state index contributed by atoms with van der Waals surface area (Å²) in [4.78, 5) is 4.27. The first kappa shape index (κ1) is 20.5. The van der Waals surface area contributed by atoms with Crippen LogP contribution in [0.3, 0.4) is 0 Å². The standard InChI is InChI=1S/C19H33N3O2/c1-7-24-14-16-10-8-15(9-11-16)12-21-18(20-5)22-13-17(23-6)19(2,3)4/h8-11,17H,7,12-14H2,1-6H3,(H2,20,21,22). The van der Waals surface area contributed by atoms with Crippen LogP contribution in [-0.2, 0) is 22.6 Å². The van der Waals surface area contributed by atoms with Crippen LogP contribution in [0.5, 0.6) is 0 Å². The Labute approximate surface area is 146 Å². The van der Waals surface area contributed by atoms with Crippen molar-refractivity contribution >= 4 is 5.96 Å². The van der Waals surface area contributed by atoms with Gasteiger partial charge in [0.05, 0.1) is 12.7 Å². The van der Waals surface area contributed by atoms with Crippen molar-refractivity contribution in [2.24, 2.45) is 10.4 Å². The highest BCUT2D eigenvalue weighted by atomic mass is 16.5. The second-order valence-corrected chi connectivity index (χ2v) is 6.85. The molecule has 0 heterocycles. The molecule has 1 aromatic carbocycles. The highest BCUT2D eigenvalue weighted by Crippen LogP contribution is 2.20. The summed E-state index contributed by atoms with van der Waals surface area (Å²) in [6.45, 7) is 11.4. The smallest absolute Gasteiger partial charge is 0.191 e. The minimum atomic E-state index is 0.0803. The Kier molecular flexibility index (Phi) is 8.79. The van der Waals surface area contributed by atoms with E-state index >= 15 is 0 Å². The van der Waals surface area contributed by atoms with Gasteiger partial charge in [-0.15, -0.1) is 0 Å². The lowest BCUT2D eigenvalue weighted by molar-refractivity contribution is 0.0205. The Morgan fingerprint density at radius 3 is 2.25 bits per heavy atom. The molecule has 5 nitrogen and oxygen atoms in total. The minimum absolute atomic E-state index is 0.0803. The van der Waals surface area contributed by atoms with Crippen LogP contribution >= 0.6 is 0 Å². The van der Waals surface area contributed by atoms with E-state index in [0.29, 0.717) is 13.2 Å². The fourth-order valence-electron chi connectivity index (χ4n) is 2.31. The molecule has 1 unspecified atom stereocenters. The average molecular weight is 335 g/mol. The summed E-state index contributed by atoms with van der Waals surface area (Å²) >= 11 is 0. The van der Waals surface area contributed by atoms with Gasteiger partial charge in [-0.1, -0.05) is 45.0 Å². The molecule has 1 atom stereocenters. The maximum Gasteiger partial charge on any atom is 0.191 e. The number of guanidine groups is 1. The molecule has 0 aliphatic rings. The van der Waals surface area contributed by atoms with Gasteiger partial charge in [-0.3, -0.25) is 4.99 Å². The average Bonchev–Trinajstić information content (AvgIpc) is 2.56. The highest BCUT2D eigenvalue weighted by molar-refractivity contribution is 5.79. The first-order valence-electron chi connectivity index (χ1n) is 8.53. The molecule has 2 N–H and O–H groups in total. The van der Waals surface area contributed by atoms with E-state index in [9.17, 15) is 0 Å². The van der Waals surface area contributed by atoms with E-state index < -0.39 is 0 Å². The summed E-state index contributed by atoms with van der Waals surface area (Å²) in [5.41, 5.74) is 2.48. The Balaban J connectivity index is 2.46. The molecular weight excluding hydrogens is 302 g/mol. The topological polar surface area (TPSA) is 54.9 Å². The summed E-state index contributed by atoms with van der Waals surface area (Å²) < 4.78 is 11.0. The van der Waals surface area contributed by atoms with Crippen LogP contribution in [0.25, 0.3) is 0 Å². The van der Waals surface area contributed by atoms with E-state index in [0.717, 1.165) is 19.1 Å². The Morgan fingerprint density at radius 2 is 1.75 bits per heavy atom. The van der Waals surface area contributed by atoms with Crippen molar-refractivity contribution in [2.45, 2.75) is 47.0 Å². The predicted octanol–water partition coefficient (Wildman–Crippen LogP) is 2.95. The van der Waals surface area contributed by atoms with Crippen LogP contribution in [0.1, 0.15) is 38.8 Å². The first-order chi connectivity index (χ1) is 11.4. The molecular formula is C19H33N3O2. The van der Waals surface area contributed by atoms with Crippen LogP contribution in [0.4, 0.5) is 0 Å². The molecule has 0 amide bonds. The molecule has 1 aromatic rings. The van der Waals surface area contributed by atoms with E-state index in [-0.39, 0.29) is 11.5 Å². The summed E-state index contributed by atoms with van der Waals surface area (Å²) in [7, 11) is 3.52. The van der Waals surface area contributed by atoms with Crippen LogP contribution in [0.2, 0.25) is 0 Å². The number of ether oxygens (including phenoxy) is 2. The van der Waals surface area contributed by atoms with Crippen molar-refractivity contribution in [1.29, 1.82) is 0 Å². The van der Waals surface area contributed by atoms with Gasteiger partial charge in [-0.2, -0.15) is 0 Å². The van der Waals surface area contributed by atoms with Gasteiger partial charge >= 0.3 is 0 Å². The number of methoxy groups -OCH3 is 1. The van der Waals surface area contributed by atoms with Gasteiger partial charge in [0, 0.05) is 33.9 Å². The molecule has 0 bridgehead atoms. The van der Waals surface area contributed by atoms with Gasteiger partial charge in [-0.05, 0) is 23.5 Å². The molecule has 0 fully saturated rings. The lowest BCUT2D eigenvalue weighted by Gasteiger charge is -2.30. The third-order valence-corrected chi connectivity index (χ3v) is 3.88. The second-order valence-electron chi connectivity index (χ2n) is 6.85. The number of nitrogens with one attached hydrogen (secondary N) is 2. The van der Waals surface area contributed by atoms with Gasteiger partial charge in [0.15, 0.2) is 5.96 Å². The molecule has 0 spiro atoms. The molecule has 0 radical (unpaired) electrons. The first-order valence-corrected chi connectivity index (χ1v) is 8.53. The third-order valence-electron chi connectivity index (χ3n) is 3.88. The molecule has 0 saturated carbocycles. The summed E-state index contributed by atoms with van der Waals surface area (Å²) in [5, 5.41) is 6.66. The molecule has 136 valence electrons. The minimum Gasteiger partial charge on any atom is -0.379 e. The van der Waals surface area contributed by atoms with E-state index in [1.165, 1.54) is 11.1 Å². The summed E-state index contributed by atoms with van der Waals surface area (Å²) in [5.74, 6) is 0.777. The van der Waals surface area contributed by atoms with Crippen LogP contribution in [0, 0.1) is 5.41 Å². The van der Waals surface area contributed by atoms with Crippen molar-refractivity contribution in [3.63, 3.8) is 0 Å².